The normalized spacial score (nSPS) is 15.1. The molecule has 2 aromatic rings. The summed E-state index contributed by atoms with van der Waals surface area (Å²) in [7, 11) is 0. The van der Waals surface area contributed by atoms with Gasteiger partial charge in [0.05, 0.1) is 0 Å². The van der Waals surface area contributed by atoms with Gasteiger partial charge < -0.3 is 0 Å². The van der Waals surface area contributed by atoms with Crippen LogP contribution in [-0.2, 0) is 6.42 Å². The molecule has 0 saturated carbocycles. The summed E-state index contributed by atoms with van der Waals surface area (Å²) in [5, 5.41) is 0. The van der Waals surface area contributed by atoms with Crippen molar-refractivity contribution >= 4 is 11.6 Å². The van der Waals surface area contributed by atoms with Gasteiger partial charge in [0.1, 0.15) is 0 Å². The van der Waals surface area contributed by atoms with Crippen LogP contribution in [0.25, 0.3) is 11.1 Å². The van der Waals surface area contributed by atoms with Crippen molar-refractivity contribution in [3.63, 3.8) is 0 Å². The summed E-state index contributed by atoms with van der Waals surface area (Å²) >= 11 is 0. The first kappa shape index (κ1) is 8.88. The van der Waals surface area contributed by atoms with Gasteiger partial charge in [0.25, 0.3) is 0 Å². The minimum atomic E-state index is -0.367. The lowest BCUT2D eigenvalue weighted by Crippen LogP contribution is -2.20. The number of hydrogen-bond acceptors (Lipinski definition) is 2. The summed E-state index contributed by atoms with van der Waals surface area (Å²) in [5.41, 5.74) is 5.44. The molecular weight excluding hydrogens is 212 g/mol. The summed E-state index contributed by atoms with van der Waals surface area (Å²) in [5.74, 6) is -0.734. The van der Waals surface area contributed by atoms with Crippen LogP contribution < -0.4 is 0 Å². The first-order valence-electron chi connectivity index (χ1n) is 5.60. The van der Waals surface area contributed by atoms with Gasteiger partial charge in [0.2, 0.25) is 11.6 Å². The Kier molecular flexibility index (Phi) is 1.42. The Labute approximate surface area is 97.9 Å². The standard InChI is InChI=1S/C15H8O2/c16-14-10-5-1-3-8-7-9-4-2-6-11(15(14)17)13(9)12(8)10/h1-6H,7H2. The van der Waals surface area contributed by atoms with E-state index in [0.717, 1.165) is 28.7 Å². The molecule has 0 amide bonds. The van der Waals surface area contributed by atoms with Crippen molar-refractivity contribution in [2.45, 2.75) is 6.42 Å². The maximum Gasteiger partial charge on any atom is 0.234 e. The van der Waals surface area contributed by atoms with E-state index in [9.17, 15) is 9.59 Å². The van der Waals surface area contributed by atoms with Crippen molar-refractivity contribution in [1.29, 1.82) is 0 Å². The fourth-order valence-corrected chi connectivity index (χ4v) is 2.91. The lowest BCUT2D eigenvalue weighted by Gasteiger charge is -2.16. The lowest BCUT2D eigenvalue weighted by atomic mass is 9.84. The molecule has 0 N–H and O–H groups in total. The second-order valence-electron chi connectivity index (χ2n) is 4.51. The van der Waals surface area contributed by atoms with E-state index in [4.69, 9.17) is 0 Å². The van der Waals surface area contributed by atoms with Crippen LogP contribution in [0.5, 0.6) is 0 Å². The molecule has 0 heterocycles. The van der Waals surface area contributed by atoms with Crippen LogP contribution in [0.1, 0.15) is 31.8 Å². The Morgan fingerprint density at radius 3 is 1.65 bits per heavy atom. The molecule has 2 heteroatoms. The van der Waals surface area contributed by atoms with Crippen LogP contribution in [0.2, 0.25) is 0 Å². The maximum atomic E-state index is 12.0. The Bertz CT molecular complexity index is 649. The van der Waals surface area contributed by atoms with Gasteiger partial charge in [0.15, 0.2) is 0 Å². The first-order valence-corrected chi connectivity index (χ1v) is 5.60. The highest BCUT2D eigenvalue weighted by Crippen LogP contribution is 2.44. The third-order valence-electron chi connectivity index (χ3n) is 3.63. The molecule has 4 rings (SSSR count). The van der Waals surface area contributed by atoms with Gasteiger partial charge in [-0.3, -0.25) is 9.59 Å². The Morgan fingerprint density at radius 2 is 1.18 bits per heavy atom. The van der Waals surface area contributed by atoms with Gasteiger partial charge in [-0.05, 0) is 28.7 Å². The molecule has 2 aliphatic rings. The summed E-state index contributed by atoms with van der Waals surface area (Å²) in [6.45, 7) is 0. The van der Waals surface area contributed by atoms with Crippen LogP contribution in [0.4, 0.5) is 0 Å². The Hall–Kier alpha value is -2.22. The minimum absolute atomic E-state index is 0.367. The number of hydrogen-bond donors (Lipinski definition) is 0. The number of ketones is 2. The van der Waals surface area contributed by atoms with Gasteiger partial charge in [-0.15, -0.1) is 0 Å². The number of rotatable bonds is 0. The zero-order valence-electron chi connectivity index (χ0n) is 8.99. The van der Waals surface area contributed by atoms with Gasteiger partial charge in [0, 0.05) is 11.1 Å². The summed E-state index contributed by atoms with van der Waals surface area (Å²) in [4.78, 5) is 24.0. The highest BCUT2D eigenvalue weighted by molar-refractivity contribution is 6.53. The highest BCUT2D eigenvalue weighted by Gasteiger charge is 2.35. The third kappa shape index (κ3) is 0.912. The second-order valence-corrected chi connectivity index (χ2v) is 4.51. The SMILES string of the molecule is O=C1C(=O)c2cccc3c2-c2c(cccc21)C3. The van der Waals surface area contributed by atoms with E-state index in [1.807, 2.05) is 24.3 Å². The molecule has 2 aromatic carbocycles. The molecular formula is C15H8O2. The maximum absolute atomic E-state index is 12.0. The van der Waals surface area contributed by atoms with E-state index >= 15 is 0 Å². The minimum Gasteiger partial charge on any atom is -0.285 e. The first-order chi connectivity index (χ1) is 8.27. The smallest absolute Gasteiger partial charge is 0.234 e. The third-order valence-corrected chi connectivity index (χ3v) is 3.63. The highest BCUT2D eigenvalue weighted by atomic mass is 16.2. The van der Waals surface area contributed by atoms with E-state index in [-0.39, 0.29) is 11.6 Å². The van der Waals surface area contributed by atoms with Crippen LogP contribution in [0.3, 0.4) is 0 Å². The molecule has 0 spiro atoms. The number of Topliss-reactive ketones (excluding diaryl/α,β-unsaturated/α-hetero) is 2. The van der Waals surface area contributed by atoms with E-state index in [1.54, 1.807) is 12.1 Å². The summed E-state index contributed by atoms with van der Waals surface area (Å²) in [6.07, 6.45) is 0.826. The number of benzene rings is 2. The topological polar surface area (TPSA) is 34.1 Å². The average molecular weight is 220 g/mol. The van der Waals surface area contributed by atoms with Crippen LogP contribution in [0.15, 0.2) is 36.4 Å². The van der Waals surface area contributed by atoms with Gasteiger partial charge in [-0.2, -0.15) is 0 Å². The quantitative estimate of drug-likeness (QED) is 0.546. The van der Waals surface area contributed by atoms with Crippen molar-refractivity contribution in [3.8, 4) is 11.1 Å². The molecule has 17 heavy (non-hydrogen) atoms. The molecule has 0 fully saturated rings. The molecule has 2 aliphatic carbocycles. The average Bonchev–Trinajstić information content (AvgIpc) is 2.73. The van der Waals surface area contributed by atoms with Gasteiger partial charge in [-0.1, -0.05) is 36.4 Å². The fraction of sp³-hybridized carbons (Fsp3) is 0.0667. The lowest BCUT2D eigenvalue weighted by molar-refractivity contribution is 0.0815. The predicted molar refractivity (Wildman–Crippen MR) is 63.3 cm³/mol. The zero-order chi connectivity index (χ0) is 11.6. The fourth-order valence-electron chi connectivity index (χ4n) is 2.91. The molecule has 0 aromatic heterocycles. The Morgan fingerprint density at radius 1 is 0.706 bits per heavy atom. The molecule has 0 saturated heterocycles. The van der Waals surface area contributed by atoms with Crippen LogP contribution >= 0.6 is 0 Å². The summed E-state index contributed by atoms with van der Waals surface area (Å²) < 4.78 is 0. The van der Waals surface area contributed by atoms with Crippen LogP contribution in [-0.4, -0.2) is 11.6 Å². The second kappa shape index (κ2) is 2.72. The van der Waals surface area contributed by atoms with Gasteiger partial charge in [-0.25, -0.2) is 0 Å². The van der Waals surface area contributed by atoms with Crippen molar-refractivity contribution in [2.24, 2.45) is 0 Å². The molecule has 2 nitrogen and oxygen atoms in total. The van der Waals surface area contributed by atoms with Crippen molar-refractivity contribution in [3.05, 3.63) is 58.7 Å². The monoisotopic (exact) mass is 220 g/mol. The number of carbonyl (C=O) groups is 2. The van der Waals surface area contributed by atoms with Crippen molar-refractivity contribution in [1.82, 2.24) is 0 Å². The Balaban J connectivity index is 2.24. The van der Waals surface area contributed by atoms with Crippen molar-refractivity contribution in [2.75, 3.05) is 0 Å². The molecule has 0 radical (unpaired) electrons. The number of carbonyl (C=O) groups excluding carboxylic acids is 2. The molecule has 0 atom stereocenters. The summed E-state index contributed by atoms with van der Waals surface area (Å²) in [6, 6.07) is 11.3. The molecule has 0 aliphatic heterocycles. The van der Waals surface area contributed by atoms with Gasteiger partial charge >= 0.3 is 0 Å². The van der Waals surface area contributed by atoms with E-state index in [1.165, 1.54) is 0 Å². The van der Waals surface area contributed by atoms with E-state index in [0.29, 0.717) is 11.1 Å². The van der Waals surface area contributed by atoms with E-state index < -0.39 is 0 Å². The van der Waals surface area contributed by atoms with E-state index in [2.05, 4.69) is 0 Å². The molecule has 0 unspecified atom stereocenters. The molecule has 80 valence electrons. The predicted octanol–water partition coefficient (Wildman–Crippen LogP) is 2.64. The molecule has 0 bridgehead atoms. The van der Waals surface area contributed by atoms with Crippen molar-refractivity contribution < 1.29 is 9.59 Å². The zero-order valence-corrected chi connectivity index (χ0v) is 8.99. The van der Waals surface area contributed by atoms with Crippen LogP contribution in [0, 0.1) is 0 Å². The largest absolute Gasteiger partial charge is 0.285 e.